The maximum absolute atomic E-state index is 12.9. The van der Waals surface area contributed by atoms with Gasteiger partial charge in [-0.05, 0) is 25.1 Å². The third kappa shape index (κ3) is 3.20. The summed E-state index contributed by atoms with van der Waals surface area (Å²) in [5.41, 5.74) is 5.27. The molecular formula is C9H11ClFNO. The first-order valence-corrected chi connectivity index (χ1v) is 4.40. The van der Waals surface area contributed by atoms with Gasteiger partial charge in [-0.15, -0.1) is 0 Å². The lowest BCUT2D eigenvalue weighted by atomic mass is 10.3. The molecule has 0 fully saturated rings. The van der Waals surface area contributed by atoms with E-state index in [2.05, 4.69) is 0 Å². The van der Waals surface area contributed by atoms with Crippen LogP contribution in [-0.2, 0) is 0 Å². The first-order valence-electron chi connectivity index (χ1n) is 4.02. The van der Waals surface area contributed by atoms with Crippen molar-refractivity contribution in [3.05, 3.63) is 29.0 Å². The van der Waals surface area contributed by atoms with E-state index in [0.717, 1.165) is 6.42 Å². The summed E-state index contributed by atoms with van der Waals surface area (Å²) >= 11 is 5.49. The highest BCUT2D eigenvalue weighted by molar-refractivity contribution is 6.30. The van der Waals surface area contributed by atoms with Crippen LogP contribution in [-0.4, -0.2) is 13.2 Å². The molecule has 0 atom stereocenters. The predicted octanol–water partition coefficient (Wildman–Crippen LogP) is 2.21. The van der Waals surface area contributed by atoms with E-state index in [1.54, 1.807) is 6.07 Å². The van der Waals surface area contributed by atoms with Crippen molar-refractivity contribution in [2.45, 2.75) is 6.42 Å². The van der Waals surface area contributed by atoms with Crippen LogP contribution in [0, 0.1) is 5.82 Å². The molecule has 1 aromatic carbocycles. The molecular weight excluding hydrogens is 193 g/mol. The Labute approximate surface area is 81.4 Å². The molecule has 2 nitrogen and oxygen atoms in total. The number of hydrogen-bond donors (Lipinski definition) is 1. The van der Waals surface area contributed by atoms with E-state index in [0.29, 0.717) is 18.9 Å². The van der Waals surface area contributed by atoms with Crippen LogP contribution in [0.4, 0.5) is 4.39 Å². The van der Waals surface area contributed by atoms with Gasteiger partial charge in [0.05, 0.1) is 11.6 Å². The second-order valence-electron chi connectivity index (χ2n) is 2.57. The lowest BCUT2D eigenvalue weighted by Gasteiger charge is -2.05. The fraction of sp³-hybridized carbons (Fsp3) is 0.333. The Morgan fingerprint density at radius 1 is 1.46 bits per heavy atom. The molecule has 4 heteroatoms. The van der Waals surface area contributed by atoms with Gasteiger partial charge in [-0.2, -0.15) is 0 Å². The minimum atomic E-state index is -0.466. The molecule has 0 spiro atoms. The van der Waals surface area contributed by atoms with Gasteiger partial charge in [0.25, 0.3) is 0 Å². The molecule has 0 amide bonds. The van der Waals surface area contributed by atoms with Gasteiger partial charge in [0.1, 0.15) is 11.6 Å². The van der Waals surface area contributed by atoms with Crippen molar-refractivity contribution < 1.29 is 9.13 Å². The summed E-state index contributed by atoms with van der Waals surface area (Å²) in [5, 5.41) is 0.103. The van der Waals surface area contributed by atoms with Crippen molar-refractivity contribution in [2.75, 3.05) is 13.2 Å². The summed E-state index contributed by atoms with van der Waals surface area (Å²) in [6.45, 7) is 1.06. The zero-order valence-electron chi connectivity index (χ0n) is 7.09. The topological polar surface area (TPSA) is 35.2 Å². The number of benzene rings is 1. The van der Waals surface area contributed by atoms with E-state index in [1.807, 2.05) is 0 Å². The van der Waals surface area contributed by atoms with Gasteiger partial charge in [-0.25, -0.2) is 4.39 Å². The standard InChI is InChI=1S/C9H11ClFNO/c10-8-3-2-7(6-9(8)11)13-5-1-4-12/h2-3,6H,1,4-5,12H2. The van der Waals surface area contributed by atoms with Crippen molar-refractivity contribution in [3.63, 3.8) is 0 Å². The number of nitrogens with two attached hydrogens (primary N) is 1. The van der Waals surface area contributed by atoms with E-state index in [-0.39, 0.29) is 5.02 Å². The first kappa shape index (κ1) is 10.3. The molecule has 0 saturated heterocycles. The molecule has 0 heterocycles. The summed E-state index contributed by atoms with van der Waals surface area (Å²) in [6, 6.07) is 4.36. The molecule has 13 heavy (non-hydrogen) atoms. The lowest BCUT2D eigenvalue weighted by molar-refractivity contribution is 0.312. The summed E-state index contributed by atoms with van der Waals surface area (Å²) < 4.78 is 18.1. The van der Waals surface area contributed by atoms with E-state index in [1.165, 1.54) is 12.1 Å². The van der Waals surface area contributed by atoms with Gasteiger partial charge in [0, 0.05) is 6.07 Å². The first-order chi connectivity index (χ1) is 6.24. The van der Waals surface area contributed by atoms with Crippen LogP contribution < -0.4 is 10.5 Å². The Hall–Kier alpha value is -0.800. The molecule has 72 valence electrons. The monoisotopic (exact) mass is 203 g/mol. The number of ether oxygens (including phenoxy) is 1. The van der Waals surface area contributed by atoms with Crippen LogP contribution in [0.25, 0.3) is 0 Å². The zero-order valence-corrected chi connectivity index (χ0v) is 7.85. The smallest absolute Gasteiger partial charge is 0.145 e. The maximum Gasteiger partial charge on any atom is 0.145 e. The lowest BCUT2D eigenvalue weighted by Crippen LogP contribution is -2.06. The van der Waals surface area contributed by atoms with Gasteiger partial charge in [-0.3, -0.25) is 0 Å². The molecule has 2 N–H and O–H groups in total. The van der Waals surface area contributed by atoms with Crippen molar-refractivity contribution in [1.82, 2.24) is 0 Å². The second kappa shape index (κ2) is 5.04. The van der Waals surface area contributed by atoms with Crippen LogP contribution in [0.5, 0.6) is 5.75 Å². The summed E-state index contributed by atoms with van der Waals surface area (Å²) in [5.74, 6) is 0.0160. The third-order valence-electron chi connectivity index (χ3n) is 1.51. The van der Waals surface area contributed by atoms with E-state index in [4.69, 9.17) is 22.1 Å². The van der Waals surface area contributed by atoms with Gasteiger partial charge >= 0.3 is 0 Å². The van der Waals surface area contributed by atoms with Crippen LogP contribution in [0.15, 0.2) is 18.2 Å². The highest BCUT2D eigenvalue weighted by Crippen LogP contribution is 2.20. The summed E-state index contributed by atoms with van der Waals surface area (Å²) in [4.78, 5) is 0. The molecule has 1 aromatic rings. The molecule has 0 bridgehead atoms. The fourth-order valence-corrected chi connectivity index (χ4v) is 0.958. The highest BCUT2D eigenvalue weighted by atomic mass is 35.5. The minimum absolute atomic E-state index is 0.103. The predicted molar refractivity (Wildman–Crippen MR) is 50.6 cm³/mol. The SMILES string of the molecule is NCCCOc1ccc(Cl)c(F)c1. The molecule has 0 unspecified atom stereocenters. The maximum atomic E-state index is 12.9. The van der Waals surface area contributed by atoms with E-state index >= 15 is 0 Å². The van der Waals surface area contributed by atoms with Gasteiger partial charge < -0.3 is 10.5 Å². The van der Waals surface area contributed by atoms with E-state index < -0.39 is 5.82 Å². The molecule has 0 radical (unpaired) electrons. The van der Waals surface area contributed by atoms with Crippen molar-refractivity contribution in [1.29, 1.82) is 0 Å². The molecule has 0 aliphatic heterocycles. The molecule has 0 aliphatic rings. The van der Waals surface area contributed by atoms with E-state index in [9.17, 15) is 4.39 Å². The van der Waals surface area contributed by atoms with Gasteiger partial charge in [-0.1, -0.05) is 11.6 Å². The Bertz CT molecular complexity index is 280. The van der Waals surface area contributed by atoms with Crippen LogP contribution in [0.1, 0.15) is 6.42 Å². The van der Waals surface area contributed by atoms with Crippen LogP contribution >= 0.6 is 11.6 Å². The Morgan fingerprint density at radius 3 is 2.85 bits per heavy atom. The molecule has 1 rings (SSSR count). The second-order valence-corrected chi connectivity index (χ2v) is 2.97. The normalized spacial score (nSPS) is 10.1. The largest absolute Gasteiger partial charge is 0.493 e. The summed E-state index contributed by atoms with van der Waals surface area (Å²) in [7, 11) is 0. The van der Waals surface area contributed by atoms with Crippen molar-refractivity contribution >= 4 is 11.6 Å². The minimum Gasteiger partial charge on any atom is -0.493 e. The van der Waals surface area contributed by atoms with Crippen molar-refractivity contribution in [3.8, 4) is 5.75 Å². The van der Waals surface area contributed by atoms with Crippen LogP contribution in [0.2, 0.25) is 5.02 Å². The molecule has 0 aromatic heterocycles. The Kier molecular flexibility index (Phi) is 3.99. The average Bonchev–Trinajstić information content (AvgIpc) is 2.12. The zero-order chi connectivity index (χ0) is 9.68. The average molecular weight is 204 g/mol. The quantitative estimate of drug-likeness (QED) is 0.762. The summed E-state index contributed by atoms with van der Waals surface area (Å²) in [6.07, 6.45) is 0.754. The van der Waals surface area contributed by atoms with Gasteiger partial charge in [0.15, 0.2) is 0 Å². The Morgan fingerprint density at radius 2 is 2.23 bits per heavy atom. The fourth-order valence-electron chi connectivity index (χ4n) is 0.840. The highest BCUT2D eigenvalue weighted by Gasteiger charge is 2.00. The molecule has 0 saturated carbocycles. The van der Waals surface area contributed by atoms with Crippen LogP contribution in [0.3, 0.4) is 0 Å². The number of halogens is 2. The van der Waals surface area contributed by atoms with Crippen molar-refractivity contribution in [2.24, 2.45) is 5.73 Å². The Balaban J connectivity index is 2.53. The number of hydrogen-bond acceptors (Lipinski definition) is 2. The third-order valence-corrected chi connectivity index (χ3v) is 1.81. The molecule has 0 aliphatic carbocycles. The van der Waals surface area contributed by atoms with Gasteiger partial charge in [0.2, 0.25) is 0 Å². The number of rotatable bonds is 4.